The smallest absolute Gasteiger partial charge is 0.255 e. The molecule has 1 aromatic heterocycles. The van der Waals surface area contributed by atoms with E-state index in [1.165, 1.54) is 68.7 Å². The van der Waals surface area contributed by atoms with E-state index in [2.05, 4.69) is 5.32 Å². The van der Waals surface area contributed by atoms with E-state index in [0.29, 0.717) is 27.8 Å². The molecule has 0 aliphatic rings. The highest BCUT2D eigenvalue weighted by molar-refractivity contribution is 7.92. The highest BCUT2D eigenvalue weighted by atomic mass is 32.2. The summed E-state index contributed by atoms with van der Waals surface area (Å²) >= 11 is 0. The standard InChI is InChI=1S/C24H20F2N2O4S/c1-27-24(29)22-19-12-18(14-4-8-16(25)9-5-14)20(28(2)33(3,30)31)13-21(19)32-23(22)15-6-10-17(26)11-7-15/h4-13H,1-3H3,(H,27,29). The second-order valence-electron chi connectivity index (χ2n) is 7.50. The largest absolute Gasteiger partial charge is 0.455 e. The van der Waals surface area contributed by atoms with Crippen molar-refractivity contribution in [3.8, 4) is 22.5 Å². The van der Waals surface area contributed by atoms with Gasteiger partial charge >= 0.3 is 0 Å². The average Bonchev–Trinajstić information content (AvgIpc) is 3.16. The Kier molecular flexibility index (Phi) is 5.67. The van der Waals surface area contributed by atoms with Crippen LogP contribution in [0.25, 0.3) is 33.4 Å². The fraction of sp³-hybridized carbons (Fsp3) is 0.125. The zero-order valence-electron chi connectivity index (χ0n) is 18.0. The van der Waals surface area contributed by atoms with Crippen LogP contribution in [0.5, 0.6) is 0 Å². The second kappa shape index (κ2) is 8.32. The topological polar surface area (TPSA) is 79.6 Å². The highest BCUT2D eigenvalue weighted by Crippen LogP contribution is 2.41. The maximum Gasteiger partial charge on any atom is 0.255 e. The van der Waals surface area contributed by atoms with Gasteiger partial charge in [0.1, 0.15) is 23.0 Å². The minimum Gasteiger partial charge on any atom is -0.455 e. The number of anilines is 1. The van der Waals surface area contributed by atoms with Crippen molar-refractivity contribution in [3.05, 3.63) is 77.9 Å². The van der Waals surface area contributed by atoms with Gasteiger partial charge in [-0.1, -0.05) is 12.1 Å². The Morgan fingerprint density at radius 2 is 1.48 bits per heavy atom. The Hall–Kier alpha value is -3.72. The van der Waals surface area contributed by atoms with Crippen LogP contribution in [0, 0.1) is 11.6 Å². The van der Waals surface area contributed by atoms with Gasteiger partial charge in [0, 0.05) is 36.7 Å². The van der Waals surface area contributed by atoms with Gasteiger partial charge in [-0.15, -0.1) is 0 Å². The lowest BCUT2D eigenvalue weighted by atomic mass is 9.98. The van der Waals surface area contributed by atoms with Crippen molar-refractivity contribution in [1.29, 1.82) is 0 Å². The maximum atomic E-state index is 13.5. The molecule has 0 saturated carbocycles. The van der Waals surface area contributed by atoms with Crippen LogP contribution in [0.4, 0.5) is 14.5 Å². The van der Waals surface area contributed by atoms with E-state index in [1.54, 1.807) is 6.07 Å². The molecule has 0 bridgehead atoms. The third kappa shape index (κ3) is 4.19. The van der Waals surface area contributed by atoms with Crippen LogP contribution in [0.15, 0.2) is 65.1 Å². The van der Waals surface area contributed by atoms with Gasteiger partial charge in [-0.3, -0.25) is 9.10 Å². The number of carbonyl (C=O) groups excluding carboxylic acids is 1. The Bertz CT molecular complexity index is 1460. The summed E-state index contributed by atoms with van der Waals surface area (Å²) in [5.74, 6) is -1.09. The Morgan fingerprint density at radius 3 is 2.00 bits per heavy atom. The van der Waals surface area contributed by atoms with E-state index in [9.17, 15) is 22.0 Å². The Labute approximate surface area is 189 Å². The molecule has 4 rings (SSSR count). The minimum absolute atomic E-state index is 0.216. The van der Waals surface area contributed by atoms with E-state index in [1.807, 2.05) is 0 Å². The molecule has 0 radical (unpaired) electrons. The Morgan fingerprint density at radius 1 is 0.939 bits per heavy atom. The fourth-order valence-electron chi connectivity index (χ4n) is 3.59. The van der Waals surface area contributed by atoms with E-state index in [-0.39, 0.29) is 16.9 Å². The quantitative estimate of drug-likeness (QED) is 0.454. The first kappa shape index (κ1) is 22.5. The zero-order chi connectivity index (χ0) is 23.9. The first-order valence-corrected chi connectivity index (χ1v) is 11.7. The number of hydrogen-bond acceptors (Lipinski definition) is 4. The second-order valence-corrected chi connectivity index (χ2v) is 9.51. The predicted molar refractivity (Wildman–Crippen MR) is 124 cm³/mol. The van der Waals surface area contributed by atoms with E-state index in [0.717, 1.165) is 10.6 Å². The molecule has 0 saturated heterocycles. The number of benzene rings is 3. The molecule has 1 N–H and O–H groups in total. The van der Waals surface area contributed by atoms with Gasteiger partial charge in [0.2, 0.25) is 10.0 Å². The summed E-state index contributed by atoms with van der Waals surface area (Å²) in [6, 6.07) is 14.2. The minimum atomic E-state index is -3.65. The van der Waals surface area contributed by atoms with Crippen molar-refractivity contribution in [1.82, 2.24) is 5.32 Å². The van der Waals surface area contributed by atoms with Crippen LogP contribution in [0.3, 0.4) is 0 Å². The van der Waals surface area contributed by atoms with Gasteiger partial charge in [-0.2, -0.15) is 0 Å². The zero-order valence-corrected chi connectivity index (χ0v) is 18.8. The van der Waals surface area contributed by atoms with Crippen LogP contribution < -0.4 is 9.62 Å². The number of hydrogen-bond donors (Lipinski definition) is 1. The van der Waals surface area contributed by atoms with Crippen LogP contribution in [-0.2, 0) is 10.0 Å². The number of fused-ring (bicyclic) bond motifs is 1. The molecule has 3 aromatic carbocycles. The lowest BCUT2D eigenvalue weighted by molar-refractivity contribution is 0.0964. The van der Waals surface area contributed by atoms with Gasteiger partial charge < -0.3 is 9.73 Å². The molecular formula is C24H20F2N2O4S. The molecular weight excluding hydrogens is 450 g/mol. The summed E-state index contributed by atoms with van der Waals surface area (Å²) in [6.07, 6.45) is 1.06. The lowest BCUT2D eigenvalue weighted by Gasteiger charge is -2.20. The van der Waals surface area contributed by atoms with Crippen molar-refractivity contribution >= 4 is 32.6 Å². The molecule has 4 aromatic rings. The maximum absolute atomic E-state index is 13.5. The monoisotopic (exact) mass is 470 g/mol. The molecule has 170 valence electrons. The van der Waals surface area contributed by atoms with E-state index < -0.39 is 27.6 Å². The van der Waals surface area contributed by atoms with Crippen LogP contribution in [0.2, 0.25) is 0 Å². The number of nitrogens with zero attached hydrogens (tertiary/aromatic N) is 1. The van der Waals surface area contributed by atoms with Crippen molar-refractivity contribution < 1.29 is 26.4 Å². The summed E-state index contributed by atoms with van der Waals surface area (Å²) in [7, 11) is -0.777. The SMILES string of the molecule is CNC(=O)c1c(-c2ccc(F)cc2)oc2cc(N(C)S(C)(=O)=O)c(-c3ccc(F)cc3)cc12. The number of rotatable bonds is 5. The van der Waals surface area contributed by atoms with Crippen molar-refractivity contribution in [2.45, 2.75) is 0 Å². The molecule has 0 aliphatic heterocycles. The number of halogens is 2. The third-order valence-corrected chi connectivity index (χ3v) is 6.55. The van der Waals surface area contributed by atoms with E-state index in [4.69, 9.17) is 4.42 Å². The molecule has 0 unspecified atom stereocenters. The molecule has 9 heteroatoms. The van der Waals surface area contributed by atoms with Gasteiger partial charge in [0.05, 0.1) is 17.5 Å². The van der Waals surface area contributed by atoms with E-state index >= 15 is 0 Å². The fourth-order valence-corrected chi connectivity index (χ4v) is 4.10. The molecule has 1 amide bonds. The summed E-state index contributed by atoms with van der Waals surface area (Å²) < 4.78 is 58.7. The molecule has 0 fully saturated rings. The molecule has 0 atom stereocenters. The normalized spacial score (nSPS) is 11.5. The lowest BCUT2D eigenvalue weighted by Crippen LogP contribution is -2.25. The van der Waals surface area contributed by atoms with Crippen molar-refractivity contribution in [3.63, 3.8) is 0 Å². The number of furan rings is 1. The van der Waals surface area contributed by atoms with Crippen LogP contribution in [-0.4, -0.2) is 34.7 Å². The number of amides is 1. The van der Waals surface area contributed by atoms with Crippen LogP contribution >= 0.6 is 0 Å². The summed E-state index contributed by atoms with van der Waals surface area (Å²) in [6.45, 7) is 0. The van der Waals surface area contributed by atoms with Crippen molar-refractivity contribution in [2.75, 3.05) is 24.7 Å². The summed E-state index contributed by atoms with van der Waals surface area (Å²) in [5, 5.41) is 3.01. The Balaban J connectivity index is 2.07. The third-order valence-electron chi connectivity index (χ3n) is 5.36. The van der Waals surface area contributed by atoms with Gasteiger partial charge in [0.15, 0.2) is 0 Å². The molecule has 0 aliphatic carbocycles. The van der Waals surface area contributed by atoms with Crippen molar-refractivity contribution in [2.24, 2.45) is 0 Å². The number of nitrogens with one attached hydrogen (secondary N) is 1. The average molecular weight is 470 g/mol. The molecule has 1 heterocycles. The van der Waals surface area contributed by atoms with Gasteiger partial charge in [-0.25, -0.2) is 17.2 Å². The summed E-state index contributed by atoms with van der Waals surface area (Å²) in [5.41, 5.74) is 2.27. The predicted octanol–water partition coefficient (Wildman–Crippen LogP) is 4.80. The molecule has 0 spiro atoms. The molecule has 33 heavy (non-hydrogen) atoms. The first-order chi connectivity index (χ1) is 15.6. The summed E-state index contributed by atoms with van der Waals surface area (Å²) in [4.78, 5) is 12.8. The van der Waals surface area contributed by atoms with Gasteiger partial charge in [0.25, 0.3) is 5.91 Å². The highest BCUT2D eigenvalue weighted by Gasteiger charge is 2.25. The van der Waals surface area contributed by atoms with Gasteiger partial charge in [-0.05, 0) is 48.0 Å². The van der Waals surface area contributed by atoms with Crippen LogP contribution in [0.1, 0.15) is 10.4 Å². The number of sulfonamides is 1. The first-order valence-electron chi connectivity index (χ1n) is 9.88. The molecule has 6 nitrogen and oxygen atoms in total. The number of carbonyl (C=O) groups is 1.